The lowest BCUT2D eigenvalue weighted by molar-refractivity contribution is -0.173. The topological polar surface area (TPSA) is 136 Å². The van der Waals surface area contributed by atoms with Gasteiger partial charge in [0.15, 0.2) is 8.68 Å². The molecule has 3 aromatic rings. The summed E-state index contributed by atoms with van der Waals surface area (Å²) in [6, 6.07) is 8.39. The molecule has 1 aromatic heterocycles. The number of aromatic hydroxyl groups is 2. The minimum atomic E-state index is -5.05. The standard InChI is InChI=1S/C34H14F3N5O4S4/c1-2-3-4-5-6-7-8-9-10-11-12-13-14-15-19-47-28-21-27(44)29(22-26(28)43)49-33-42-41-32(50-33)48-23-30(45)38-24-17-16-18-25(20-24)39-40-31(46)34(35,36)37/h1,16-18,20-22,39,43-44H,23H2,(H,38,45)(H,40,46). The molecule has 9 nitrogen and oxygen atoms in total. The molecule has 50 heavy (non-hydrogen) atoms. The second-order valence-corrected chi connectivity index (χ2v) is 12.5. The largest absolute Gasteiger partial charge is 0.507 e. The molecule has 0 aliphatic carbocycles. The first-order chi connectivity index (χ1) is 24.0. The Morgan fingerprint density at radius 2 is 1.36 bits per heavy atom. The van der Waals surface area contributed by atoms with Gasteiger partial charge in [-0.05, 0) is 130 Å². The van der Waals surface area contributed by atoms with Crippen LogP contribution >= 0.6 is 46.6 Å². The highest BCUT2D eigenvalue weighted by Gasteiger charge is 2.38. The lowest BCUT2D eigenvalue weighted by Crippen LogP contribution is -2.40. The lowest BCUT2D eigenvalue weighted by atomic mass is 10.3. The zero-order valence-electron chi connectivity index (χ0n) is 24.6. The van der Waals surface area contributed by atoms with Crippen molar-refractivity contribution < 1.29 is 33.0 Å². The van der Waals surface area contributed by atoms with E-state index in [0.29, 0.717) is 13.6 Å². The number of benzene rings is 2. The van der Waals surface area contributed by atoms with Gasteiger partial charge in [0, 0.05) is 5.69 Å². The summed E-state index contributed by atoms with van der Waals surface area (Å²) < 4.78 is 37.9. The number of carbonyl (C=O) groups excluding carboxylic acids is 2. The van der Waals surface area contributed by atoms with Crippen LogP contribution in [-0.4, -0.2) is 44.2 Å². The van der Waals surface area contributed by atoms with Crippen LogP contribution in [0.15, 0.2) is 54.9 Å². The van der Waals surface area contributed by atoms with Crippen LogP contribution in [-0.2, 0) is 9.59 Å². The third-order valence-corrected chi connectivity index (χ3v) is 8.62. The second-order valence-electron chi connectivity index (χ2n) is 8.19. The van der Waals surface area contributed by atoms with E-state index >= 15 is 0 Å². The first-order valence-corrected chi connectivity index (χ1v) is 16.3. The Morgan fingerprint density at radius 3 is 2.00 bits per heavy atom. The Labute approximate surface area is 300 Å². The minimum absolute atomic E-state index is 0.0668. The number of halogens is 3. The van der Waals surface area contributed by atoms with E-state index in [4.69, 9.17) is 6.42 Å². The molecule has 16 heteroatoms. The van der Waals surface area contributed by atoms with Crippen molar-refractivity contribution in [3.05, 3.63) is 36.4 Å². The van der Waals surface area contributed by atoms with Crippen LogP contribution < -0.4 is 16.2 Å². The summed E-state index contributed by atoms with van der Waals surface area (Å²) in [4.78, 5) is 24.0. The Hall–Kier alpha value is -6.34. The van der Waals surface area contributed by atoms with Crippen molar-refractivity contribution in [3.63, 3.8) is 0 Å². The maximum atomic E-state index is 12.4. The van der Waals surface area contributed by atoms with E-state index in [9.17, 15) is 33.0 Å². The van der Waals surface area contributed by atoms with Gasteiger partial charge in [0.1, 0.15) is 11.5 Å². The Morgan fingerprint density at radius 1 is 0.800 bits per heavy atom. The summed E-state index contributed by atoms with van der Waals surface area (Å²) in [5.74, 6) is 31.1. The van der Waals surface area contributed by atoms with Gasteiger partial charge in [0.2, 0.25) is 5.91 Å². The third kappa shape index (κ3) is 14.2. The quantitative estimate of drug-likeness (QED) is 0.0921. The molecule has 0 aliphatic heterocycles. The molecule has 3 rings (SSSR count). The Kier molecular flexibility index (Phi) is 15.3. The number of rotatable bonds is 9. The molecule has 0 aliphatic rings. The van der Waals surface area contributed by atoms with Crippen molar-refractivity contribution in [2.45, 2.75) is 24.6 Å². The van der Waals surface area contributed by atoms with Gasteiger partial charge in [-0.1, -0.05) is 40.9 Å². The fourth-order valence-corrected chi connectivity index (χ4v) is 6.15. The van der Waals surface area contributed by atoms with Gasteiger partial charge in [0.25, 0.3) is 0 Å². The van der Waals surface area contributed by atoms with Gasteiger partial charge < -0.3 is 15.5 Å². The molecule has 0 spiro atoms. The number of amides is 2. The highest BCUT2D eigenvalue weighted by atomic mass is 32.2. The van der Waals surface area contributed by atoms with Crippen molar-refractivity contribution in [3.8, 4) is 106 Å². The number of aromatic nitrogens is 2. The lowest BCUT2D eigenvalue weighted by Gasteiger charge is -2.11. The molecule has 0 radical (unpaired) electrons. The molecule has 0 atom stereocenters. The van der Waals surface area contributed by atoms with Crippen molar-refractivity contribution in [1.29, 1.82) is 0 Å². The second kappa shape index (κ2) is 20.1. The average molecular weight is 742 g/mol. The van der Waals surface area contributed by atoms with Crippen molar-refractivity contribution in [2.24, 2.45) is 0 Å². The first-order valence-electron chi connectivity index (χ1n) is 12.9. The van der Waals surface area contributed by atoms with Crippen molar-refractivity contribution in [2.75, 3.05) is 16.5 Å². The van der Waals surface area contributed by atoms with Crippen LogP contribution in [0, 0.1) is 94.6 Å². The minimum Gasteiger partial charge on any atom is -0.507 e. The van der Waals surface area contributed by atoms with Crippen LogP contribution in [0.1, 0.15) is 0 Å². The number of nitrogens with one attached hydrogen (secondary N) is 3. The highest BCUT2D eigenvalue weighted by molar-refractivity contribution is 8.04. The summed E-state index contributed by atoms with van der Waals surface area (Å²) in [5.41, 5.74) is 4.03. The molecule has 244 valence electrons. The zero-order chi connectivity index (χ0) is 36.2. The number of hydrogen-bond donors (Lipinski definition) is 5. The molecule has 0 bridgehead atoms. The van der Waals surface area contributed by atoms with E-state index in [2.05, 4.69) is 109 Å². The van der Waals surface area contributed by atoms with Gasteiger partial charge in [-0.3, -0.25) is 20.4 Å². The number of alkyl halides is 3. The number of phenolic OH excluding ortho intramolecular Hbond substituents is 2. The molecule has 2 aromatic carbocycles. The average Bonchev–Trinajstić information content (AvgIpc) is 3.53. The van der Waals surface area contributed by atoms with E-state index in [0.717, 1.165) is 46.6 Å². The number of phenols is 2. The van der Waals surface area contributed by atoms with E-state index in [1.807, 2.05) is 0 Å². The van der Waals surface area contributed by atoms with E-state index in [-0.39, 0.29) is 33.5 Å². The molecule has 5 N–H and O–H groups in total. The summed E-state index contributed by atoms with van der Waals surface area (Å²) in [6.07, 6.45) is -0.108. The number of hydrogen-bond acceptors (Lipinski definition) is 11. The number of hydrazine groups is 1. The molecular weight excluding hydrogens is 728 g/mol. The smallest absolute Gasteiger partial charge is 0.472 e. The number of thioether (sulfide) groups is 2. The predicted octanol–water partition coefficient (Wildman–Crippen LogP) is 4.54. The zero-order valence-corrected chi connectivity index (χ0v) is 27.9. The third-order valence-electron chi connectivity index (χ3n) is 4.71. The predicted molar refractivity (Wildman–Crippen MR) is 187 cm³/mol. The van der Waals surface area contributed by atoms with Crippen LogP contribution in [0.3, 0.4) is 0 Å². The Bertz CT molecular complexity index is 2290. The van der Waals surface area contributed by atoms with E-state index in [1.165, 1.54) is 41.8 Å². The van der Waals surface area contributed by atoms with Gasteiger partial charge in [-0.2, -0.15) is 13.2 Å². The fraction of sp³-hybridized carbons (Fsp3) is 0.0588. The van der Waals surface area contributed by atoms with E-state index < -0.39 is 18.0 Å². The molecule has 0 fully saturated rings. The summed E-state index contributed by atoms with van der Waals surface area (Å²) in [6.45, 7) is 0. The van der Waals surface area contributed by atoms with Gasteiger partial charge in [-0.25, -0.2) is 0 Å². The first kappa shape index (κ1) is 38.1. The maximum absolute atomic E-state index is 12.4. The maximum Gasteiger partial charge on any atom is 0.472 e. The van der Waals surface area contributed by atoms with Gasteiger partial charge >= 0.3 is 12.1 Å². The normalized spacial score (nSPS) is 9.00. The molecule has 2 amide bonds. The van der Waals surface area contributed by atoms with Gasteiger partial charge in [0.05, 0.1) is 21.2 Å². The van der Waals surface area contributed by atoms with Crippen LogP contribution in [0.25, 0.3) is 0 Å². The summed E-state index contributed by atoms with van der Waals surface area (Å²) in [5, 5.41) is 34.2. The molecule has 0 unspecified atom stereocenters. The SMILES string of the molecule is C#CC#CC#CC#CC#CC#CC#CC#CSc1cc(O)c(Sc2nnc(SCC(=O)Nc3cccc(NNC(=O)C(F)(F)F)c3)s2)cc1O. The summed E-state index contributed by atoms with van der Waals surface area (Å²) >= 11 is 4.22. The van der Waals surface area contributed by atoms with Crippen LogP contribution in [0.2, 0.25) is 0 Å². The van der Waals surface area contributed by atoms with Crippen molar-refractivity contribution >= 4 is 69.8 Å². The summed E-state index contributed by atoms with van der Waals surface area (Å²) in [7, 11) is 0. The highest BCUT2D eigenvalue weighted by Crippen LogP contribution is 2.42. The van der Waals surface area contributed by atoms with Gasteiger partial charge in [-0.15, -0.1) is 16.6 Å². The monoisotopic (exact) mass is 741 g/mol. The fourth-order valence-electron chi connectivity index (χ4n) is 2.78. The number of anilines is 2. The van der Waals surface area contributed by atoms with Crippen molar-refractivity contribution in [1.82, 2.24) is 15.6 Å². The molecular formula is C34H14F3N5O4S4. The number of carbonyl (C=O) groups is 2. The molecule has 0 saturated heterocycles. The van der Waals surface area contributed by atoms with Crippen LogP contribution in [0.5, 0.6) is 11.5 Å². The van der Waals surface area contributed by atoms with E-state index in [1.54, 1.807) is 0 Å². The Balaban J connectivity index is 1.47. The molecule has 1 heterocycles. The number of terminal acetylenes is 1. The number of nitrogens with zero attached hydrogens (tertiary/aromatic N) is 2. The molecule has 0 saturated carbocycles. The van der Waals surface area contributed by atoms with Crippen LogP contribution in [0.4, 0.5) is 24.5 Å².